The van der Waals surface area contributed by atoms with Crippen molar-refractivity contribution in [2.45, 2.75) is 0 Å². The second kappa shape index (κ2) is 3.68. The molecule has 1 aromatic heterocycles. The van der Waals surface area contributed by atoms with E-state index in [-0.39, 0.29) is 0 Å². The second-order valence-electron chi connectivity index (χ2n) is 2.73. The Morgan fingerprint density at radius 3 is 3.00 bits per heavy atom. The number of aromatic nitrogens is 1. The van der Waals surface area contributed by atoms with Crippen molar-refractivity contribution in [2.24, 2.45) is 0 Å². The molecule has 1 aromatic carbocycles. The molecule has 0 bridgehead atoms. The number of hydrogen-bond acceptors (Lipinski definition) is 2. The van der Waals surface area contributed by atoms with Gasteiger partial charge in [0.15, 0.2) is 5.75 Å². The van der Waals surface area contributed by atoms with Crippen LogP contribution in [0.1, 0.15) is 0 Å². The summed E-state index contributed by atoms with van der Waals surface area (Å²) in [4.78, 5) is 4.20. The Morgan fingerprint density at radius 1 is 1.36 bits per heavy atom. The molecule has 3 heteroatoms. The zero-order chi connectivity index (χ0) is 9.97. The van der Waals surface area contributed by atoms with Crippen molar-refractivity contribution >= 4 is 22.5 Å². The lowest BCUT2D eigenvalue weighted by Crippen LogP contribution is -1.86. The van der Waals surface area contributed by atoms with Crippen LogP contribution in [0.25, 0.3) is 10.9 Å². The first-order valence-electron chi connectivity index (χ1n) is 4.13. The highest BCUT2D eigenvalue weighted by molar-refractivity contribution is 6.35. The minimum atomic E-state index is 0.667. The van der Waals surface area contributed by atoms with Gasteiger partial charge >= 0.3 is 0 Å². The molecule has 0 unspecified atom stereocenters. The van der Waals surface area contributed by atoms with Crippen LogP contribution < -0.4 is 4.74 Å². The van der Waals surface area contributed by atoms with Crippen LogP contribution in [-0.4, -0.2) is 4.98 Å². The molecule has 1 heterocycles. The molecule has 70 valence electrons. The summed E-state index contributed by atoms with van der Waals surface area (Å²) in [5.41, 5.74) is 0.750. The molecule has 0 atom stereocenters. The van der Waals surface area contributed by atoms with Gasteiger partial charge in [0.1, 0.15) is 5.52 Å². The van der Waals surface area contributed by atoms with Crippen LogP contribution >= 0.6 is 11.6 Å². The normalized spacial score (nSPS) is 10.1. The van der Waals surface area contributed by atoms with Gasteiger partial charge in [0.05, 0.1) is 11.3 Å². The molecule has 0 amide bonds. The number of nitrogens with zero attached hydrogens (tertiary/aromatic N) is 1. The third-order valence-electron chi connectivity index (χ3n) is 1.89. The van der Waals surface area contributed by atoms with Gasteiger partial charge in [-0.2, -0.15) is 0 Å². The van der Waals surface area contributed by atoms with Crippen LogP contribution in [0.5, 0.6) is 5.75 Å². The molecule has 0 aliphatic heterocycles. The van der Waals surface area contributed by atoms with E-state index in [2.05, 4.69) is 11.6 Å². The fourth-order valence-electron chi connectivity index (χ4n) is 1.30. The molecule has 0 saturated heterocycles. The summed E-state index contributed by atoms with van der Waals surface area (Å²) < 4.78 is 5.22. The molecule has 0 aliphatic rings. The van der Waals surface area contributed by atoms with Crippen LogP contribution in [0.4, 0.5) is 0 Å². The van der Waals surface area contributed by atoms with Gasteiger partial charge in [0.2, 0.25) is 0 Å². The molecule has 0 aliphatic carbocycles. The molecular formula is C11H8ClNO. The average molecular weight is 206 g/mol. The number of benzene rings is 1. The molecule has 2 aromatic rings. The van der Waals surface area contributed by atoms with E-state index < -0.39 is 0 Å². The smallest absolute Gasteiger partial charge is 0.152 e. The number of rotatable bonds is 2. The lowest BCUT2D eigenvalue weighted by molar-refractivity contribution is 0.488. The molecule has 2 nitrogen and oxygen atoms in total. The minimum Gasteiger partial charge on any atom is -0.463 e. The number of ether oxygens (including phenoxy) is 1. The maximum absolute atomic E-state index is 6.01. The first-order chi connectivity index (χ1) is 6.83. The van der Waals surface area contributed by atoms with E-state index in [1.54, 1.807) is 18.3 Å². The number of hydrogen-bond donors (Lipinski definition) is 0. The predicted molar refractivity (Wildman–Crippen MR) is 57.6 cm³/mol. The summed E-state index contributed by atoms with van der Waals surface area (Å²) in [5.74, 6) is 0.667. The monoisotopic (exact) mass is 205 g/mol. The molecule has 0 radical (unpaired) electrons. The Hall–Kier alpha value is -1.54. The zero-order valence-corrected chi connectivity index (χ0v) is 8.16. The van der Waals surface area contributed by atoms with Crippen LogP contribution in [-0.2, 0) is 0 Å². The van der Waals surface area contributed by atoms with Gasteiger partial charge < -0.3 is 4.74 Å². The highest BCUT2D eigenvalue weighted by Crippen LogP contribution is 2.29. The number of pyridine rings is 1. The maximum Gasteiger partial charge on any atom is 0.152 e. The van der Waals surface area contributed by atoms with Crippen LogP contribution in [0.2, 0.25) is 5.02 Å². The molecule has 14 heavy (non-hydrogen) atoms. The van der Waals surface area contributed by atoms with Crippen molar-refractivity contribution in [3.63, 3.8) is 0 Å². The first-order valence-corrected chi connectivity index (χ1v) is 4.51. The quantitative estimate of drug-likeness (QED) is 0.701. The molecule has 0 N–H and O–H groups in total. The summed E-state index contributed by atoms with van der Waals surface area (Å²) in [6.07, 6.45) is 3.08. The third-order valence-corrected chi connectivity index (χ3v) is 2.22. The highest BCUT2D eigenvalue weighted by atomic mass is 35.5. The first kappa shape index (κ1) is 9.03. The number of halogens is 1. The standard InChI is InChI=1S/C11H8ClNO/c1-2-14-10-6-5-9(12)8-4-3-7-13-11(8)10/h2-7H,1H2. The van der Waals surface area contributed by atoms with Crippen molar-refractivity contribution in [3.05, 3.63) is 48.3 Å². The van der Waals surface area contributed by atoms with Crippen molar-refractivity contribution in [1.29, 1.82) is 0 Å². The van der Waals surface area contributed by atoms with E-state index in [0.29, 0.717) is 10.8 Å². The summed E-state index contributed by atoms with van der Waals surface area (Å²) in [7, 11) is 0. The Balaban J connectivity index is 2.74. The van der Waals surface area contributed by atoms with Crippen LogP contribution in [0, 0.1) is 0 Å². The van der Waals surface area contributed by atoms with E-state index in [1.807, 2.05) is 12.1 Å². The van der Waals surface area contributed by atoms with Gasteiger partial charge in [-0.05, 0) is 24.3 Å². The van der Waals surface area contributed by atoms with Crippen LogP contribution in [0.15, 0.2) is 43.3 Å². The summed E-state index contributed by atoms with van der Waals surface area (Å²) >= 11 is 6.01. The maximum atomic E-state index is 6.01. The molecule has 0 spiro atoms. The topological polar surface area (TPSA) is 22.1 Å². The van der Waals surface area contributed by atoms with E-state index in [9.17, 15) is 0 Å². The van der Waals surface area contributed by atoms with Gasteiger partial charge in [-0.1, -0.05) is 18.2 Å². The number of fused-ring (bicyclic) bond motifs is 1. The lowest BCUT2D eigenvalue weighted by atomic mass is 10.2. The third kappa shape index (κ3) is 1.44. The van der Waals surface area contributed by atoms with E-state index >= 15 is 0 Å². The highest BCUT2D eigenvalue weighted by Gasteiger charge is 2.04. The SMILES string of the molecule is C=COc1ccc(Cl)c2cccnc12. The van der Waals surface area contributed by atoms with E-state index in [4.69, 9.17) is 16.3 Å². The van der Waals surface area contributed by atoms with Crippen molar-refractivity contribution in [1.82, 2.24) is 4.98 Å². The van der Waals surface area contributed by atoms with Gasteiger partial charge in [-0.25, -0.2) is 0 Å². The fraction of sp³-hybridized carbons (Fsp3) is 0. The summed E-state index contributed by atoms with van der Waals surface area (Å²) in [6.45, 7) is 3.50. The largest absolute Gasteiger partial charge is 0.463 e. The Morgan fingerprint density at radius 2 is 2.21 bits per heavy atom. The zero-order valence-electron chi connectivity index (χ0n) is 7.40. The predicted octanol–water partition coefficient (Wildman–Crippen LogP) is 3.41. The second-order valence-corrected chi connectivity index (χ2v) is 3.14. The summed E-state index contributed by atoms with van der Waals surface area (Å²) in [5, 5.41) is 1.55. The molecule has 0 saturated carbocycles. The van der Waals surface area contributed by atoms with Gasteiger partial charge in [0.25, 0.3) is 0 Å². The molecule has 2 rings (SSSR count). The lowest BCUT2D eigenvalue weighted by Gasteiger charge is -2.04. The van der Waals surface area contributed by atoms with E-state index in [1.165, 1.54) is 6.26 Å². The Kier molecular flexibility index (Phi) is 2.37. The van der Waals surface area contributed by atoms with Gasteiger partial charge in [0, 0.05) is 11.6 Å². The Bertz CT molecular complexity index is 482. The minimum absolute atomic E-state index is 0.667. The van der Waals surface area contributed by atoms with Crippen molar-refractivity contribution in [2.75, 3.05) is 0 Å². The van der Waals surface area contributed by atoms with Crippen LogP contribution in [0.3, 0.4) is 0 Å². The average Bonchev–Trinajstić information content (AvgIpc) is 2.23. The van der Waals surface area contributed by atoms with Gasteiger partial charge in [-0.3, -0.25) is 4.98 Å². The van der Waals surface area contributed by atoms with Gasteiger partial charge in [-0.15, -0.1) is 0 Å². The summed E-state index contributed by atoms with van der Waals surface area (Å²) in [6, 6.07) is 7.30. The van der Waals surface area contributed by atoms with E-state index in [0.717, 1.165) is 10.9 Å². The fourth-order valence-corrected chi connectivity index (χ4v) is 1.51. The Labute approximate surface area is 86.8 Å². The molecule has 0 fully saturated rings. The van der Waals surface area contributed by atoms with Crippen molar-refractivity contribution < 1.29 is 4.74 Å². The molecular weight excluding hydrogens is 198 g/mol. The van der Waals surface area contributed by atoms with Crippen molar-refractivity contribution in [3.8, 4) is 5.75 Å².